The fraction of sp³-hybridized carbons (Fsp3) is 0.905. The van der Waals surface area contributed by atoms with Gasteiger partial charge in [0.2, 0.25) is 5.91 Å². The molecule has 3 heterocycles. The molecule has 2 bridgehead atoms. The van der Waals surface area contributed by atoms with Gasteiger partial charge < -0.3 is 14.5 Å². The summed E-state index contributed by atoms with van der Waals surface area (Å²) >= 11 is 0. The molecule has 5 atom stereocenters. The van der Waals surface area contributed by atoms with Gasteiger partial charge in [0.15, 0.2) is 0 Å². The number of nitrogens with zero attached hydrogens (tertiary/aromatic N) is 3. The zero-order valence-electron chi connectivity index (χ0n) is 17.1. The van der Waals surface area contributed by atoms with E-state index in [0.29, 0.717) is 42.5 Å². The number of carbonyl (C=O) groups is 2. The van der Waals surface area contributed by atoms with Crippen LogP contribution in [0.5, 0.6) is 0 Å². The van der Waals surface area contributed by atoms with E-state index in [1.807, 2.05) is 16.7 Å². The van der Waals surface area contributed by atoms with E-state index in [-0.39, 0.29) is 12.0 Å². The third-order valence-corrected chi connectivity index (χ3v) is 7.53. The minimum absolute atomic E-state index is 0.111. The summed E-state index contributed by atoms with van der Waals surface area (Å²) in [6, 6.07) is 1.25. The van der Waals surface area contributed by atoms with Gasteiger partial charge in [0.1, 0.15) is 0 Å². The Hall–Kier alpha value is -1.30. The number of fused-ring (bicyclic) bond motifs is 3. The molecule has 27 heavy (non-hydrogen) atoms. The lowest BCUT2D eigenvalue weighted by Crippen LogP contribution is -2.59. The van der Waals surface area contributed by atoms with Gasteiger partial charge in [-0.15, -0.1) is 0 Å². The molecule has 6 nitrogen and oxygen atoms in total. The van der Waals surface area contributed by atoms with Crippen LogP contribution >= 0.6 is 0 Å². The summed E-state index contributed by atoms with van der Waals surface area (Å²) in [6.45, 7) is 10.3. The molecule has 0 aromatic rings. The smallest absolute Gasteiger partial charge is 0.410 e. The van der Waals surface area contributed by atoms with Gasteiger partial charge in [0.05, 0.1) is 6.61 Å². The molecule has 3 aliphatic heterocycles. The number of likely N-dealkylation sites (tertiary alicyclic amines) is 1. The van der Waals surface area contributed by atoms with Crippen molar-refractivity contribution in [3.8, 4) is 0 Å². The van der Waals surface area contributed by atoms with E-state index in [1.54, 1.807) is 0 Å². The molecule has 4 rings (SSSR count). The highest BCUT2D eigenvalue weighted by Gasteiger charge is 2.61. The van der Waals surface area contributed by atoms with Crippen LogP contribution in [-0.4, -0.2) is 77.6 Å². The lowest BCUT2D eigenvalue weighted by Gasteiger charge is -2.50. The summed E-state index contributed by atoms with van der Waals surface area (Å²) in [6.07, 6.45) is 5.47. The lowest BCUT2D eigenvalue weighted by molar-refractivity contribution is -0.133. The van der Waals surface area contributed by atoms with Crippen LogP contribution in [0, 0.1) is 17.8 Å². The van der Waals surface area contributed by atoms with Crippen LogP contribution < -0.4 is 0 Å². The first-order chi connectivity index (χ1) is 13.1. The molecule has 3 saturated heterocycles. The second kappa shape index (κ2) is 7.61. The average molecular weight is 378 g/mol. The van der Waals surface area contributed by atoms with Gasteiger partial charge in [-0.1, -0.05) is 0 Å². The number of hydrogen-bond donors (Lipinski definition) is 0. The fourth-order valence-electron chi connectivity index (χ4n) is 6.12. The predicted molar refractivity (Wildman–Crippen MR) is 103 cm³/mol. The first-order valence-electron chi connectivity index (χ1n) is 11.1. The number of hydrogen-bond acceptors (Lipinski definition) is 4. The third kappa shape index (κ3) is 3.34. The number of rotatable bonds is 5. The Morgan fingerprint density at radius 3 is 2.07 bits per heavy atom. The van der Waals surface area contributed by atoms with Crippen molar-refractivity contribution in [1.29, 1.82) is 0 Å². The van der Waals surface area contributed by atoms with E-state index >= 15 is 0 Å². The summed E-state index contributed by atoms with van der Waals surface area (Å²) in [5.74, 6) is 1.80. The highest BCUT2D eigenvalue weighted by Crippen LogP contribution is 2.54. The SMILES string of the molecule is CCOC(=O)N1C2CCCC1CC(N1C[C@@H]3C(C(=O)N(CC)CC)[C@@H]3C1)C2. The van der Waals surface area contributed by atoms with Crippen LogP contribution in [0.2, 0.25) is 0 Å². The Labute approximate surface area is 163 Å². The van der Waals surface area contributed by atoms with Crippen molar-refractivity contribution >= 4 is 12.0 Å². The van der Waals surface area contributed by atoms with E-state index in [2.05, 4.69) is 18.7 Å². The lowest BCUT2D eigenvalue weighted by atomic mass is 9.81. The van der Waals surface area contributed by atoms with Crippen molar-refractivity contribution in [3.63, 3.8) is 0 Å². The molecule has 4 fully saturated rings. The monoisotopic (exact) mass is 377 g/mol. The normalized spacial score (nSPS) is 37.7. The number of carbonyl (C=O) groups excluding carboxylic acids is 2. The molecular formula is C21H35N3O3. The zero-order valence-corrected chi connectivity index (χ0v) is 17.1. The predicted octanol–water partition coefficient (Wildman–Crippen LogP) is 2.57. The van der Waals surface area contributed by atoms with E-state index < -0.39 is 0 Å². The van der Waals surface area contributed by atoms with Gasteiger partial charge in [-0.25, -0.2) is 4.79 Å². The Balaban J connectivity index is 1.34. The summed E-state index contributed by atoms with van der Waals surface area (Å²) in [7, 11) is 0. The molecule has 6 heteroatoms. The minimum Gasteiger partial charge on any atom is -0.450 e. The van der Waals surface area contributed by atoms with Crippen molar-refractivity contribution in [2.75, 3.05) is 32.8 Å². The summed E-state index contributed by atoms with van der Waals surface area (Å²) in [5, 5.41) is 0. The largest absolute Gasteiger partial charge is 0.450 e. The number of piperidine rings is 3. The van der Waals surface area contributed by atoms with Gasteiger partial charge in [-0.05, 0) is 64.7 Å². The van der Waals surface area contributed by atoms with Crippen LogP contribution in [0.4, 0.5) is 4.79 Å². The fourth-order valence-corrected chi connectivity index (χ4v) is 6.12. The second-order valence-corrected chi connectivity index (χ2v) is 8.79. The molecule has 3 unspecified atom stereocenters. The Morgan fingerprint density at radius 1 is 0.963 bits per heavy atom. The van der Waals surface area contributed by atoms with E-state index in [0.717, 1.165) is 51.9 Å². The zero-order chi connectivity index (χ0) is 19.1. The Bertz CT molecular complexity index is 553. The minimum atomic E-state index is -0.111. The topological polar surface area (TPSA) is 53.1 Å². The molecule has 0 aromatic heterocycles. The van der Waals surface area contributed by atoms with Crippen molar-refractivity contribution in [2.45, 2.75) is 71.0 Å². The highest BCUT2D eigenvalue weighted by molar-refractivity contribution is 5.82. The Kier molecular flexibility index (Phi) is 5.36. The summed E-state index contributed by atoms with van der Waals surface area (Å²) in [4.78, 5) is 31.7. The van der Waals surface area contributed by atoms with Gasteiger partial charge in [-0.3, -0.25) is 9.69 Å². The summed E-state index contributed by atoms with van der Waals surface area (Å²) in [5.41, 5.74) is 0. The van der Waals surface area contributed by atoms with E-state index in [9.17, 15) is 9.59 Å². The molecular weight excluding hydrogens is 342 g/mol. The van der Waals surface area contributed by atoms with Gasteiger partial charge in [0, 0.05) is 50.2 Å². The van der Waals surface area contributed by atoms with Crippen molar-refractivity contribution < 1.29 is 14.3 Å². The van der Waals surface area contributed by atoms with E-state index in [4.69, 9.17) is 4.74 Å². The van der Waals surface area contributed by atoms with Crippen LogP contribution in [0.1, 0.15) is 52.9 Å². The average Bonchev–Trinajstić information content (AvgIpc) is 3.15. The molecule has 0 radical (unpaired) electrons. The third-order valence-electron chi connectivity index (χ3n) is 7.53. The summed E-state index contributed by atoms with van der Waals surface area (Å²) < 4.78 is 5.32. The van der Waals surface area contributed by atoms with Crippen LogP contribution in [0.3, 0.4) is 0 Å². The van der Waals surface area contributed by atoms with Gasteiger partial charge in [-0.2, -0.15) is 0 Å². The first kappa shape index (κ1) is 19.0. The first-order valence-corrected chi connectivity index (χ1v) is 11.1. The maximum Gasteiger partial charge on any atom is 0.410 e. The Morgan fingerprint density at radius 2 is 1.56 bits per heavy atom. The second-order valence-electron chi connectivity index (χ2n) is 8.79. The van der Waals surface area contributed by atoms with Gasteiger partial charge in [0.25, 0.3) is 0 Å². The maximum absolute atomic E-state index is 12.7. The number of amides is 2. The molecule has 0 aromatic carbocycles. The molecule has 4 aliphatic rings. The number of ether oxygens (including phenoxy) is 1. The van der Waals surface area contributed by atoms with Crippen LogP contribution in [0.15, 0.2) is 0 Å². The van der Waals surface area contributed by atoms with Crippen LogP contribution in [-0.2, 0) is 9.53 Å². The molecule has 0 spiro atoms. The molecule has 152 valence electrons. The molecule has 0 N–H and O–H groups in total. The standard InChI is InChI=1S/C21H35N3O3/c1-4-22(5-2)20(25)19-17-12-23(13-18(17)19)16-10-14-8-7-9-15(11-16)24(14)21(26)27-6-3/h14-19H,4-13H2,1-3H3/t14?,15?,16?,17-,18+,19?. The van der Waals surface area contributed by atoms with Crippen molar-refractivity contribution in [3.05, 3.63) is 0 Å². The quantitative estimate of drug-likeness (QED) is 0.739. The molecule has 1 saturated carbocycles. The van der Waals surface area contributed by atoms with Crippen LogP contribution in [0.25, 0.3) is 0 Å². The molecule has 2 amide bonds. The molecule has 1 aliphatic carbocycles. The highest BCUT2D eigenvalue weighted by atomic mass is 16.6. The van der Waals surface area contributed by atoms with E-state index in [1.165, 1.54) is 6.42 Å². The maximum atomic E-state index is 12.7. The van der Waals surface area contributed by atoms with Crippen molar-refractivity contribution in [2.24, 2.45) is 17.8 Å². The van der Waals surface area contributed by atoms with Gasteiger partial charge >= 0.3 is 6.09 Å². The van der Waals surface area contributed by atoms with Crippen molar-refractivity contribution in [1.82, 2.24) is 14.7 Å².